The van der Waals surface area contributed by atoms with Crippen molar-refractivity contribution in [1.82, 2.24) is 14.7 Å². The molecule has 1 aliphatic carbocycles. The number of nitrogens with zero attached hydrogens (tertiary/aromatic N) is 3. The second-order valence-electron chi connectivity index (χ2n) is 5.69. The third-order valence-corrected chi connectivity index (χ3v) is 3.86. The van der Waals surface area contributed by atoms with Gasteiger partial charge in [-0.25, -0.2) is 4.79 Å². The van der Waals surface area contributed by atoms with Crippen LogP contribution in [0.2, 0.25) is 0 Å². The monoisotopic (exact) mass is 294 g/mol. The third-order valence-electron chi connectivity index (χ3n) is 3.86. The van der Waals surface area contributed by atoms with Crippen molar-refractivity contribution < 1.29 is 14.7 Å². The van der Waals surface area contributed by atoms with Gasteiger partial charge >= 0.3 is 12.0 Å². The molecule has 1 heterocycles. The Labute approximate surface area is 123 Å². The van der Waals surface area contributed by atoms with Gasteiger partial charge in [0.05, 0.1) is 12.5 Å². The molecule has 1 saturated carbocycles. The van der Waals surface area contributed by atoms with E-state index in [0.717, 1.165) is 5.69 Å². The molecule has 0 aliphatic heterocycles. The Bertz CT molecular complexity index is 536. The number of amides is 2. The SMILES string of the molecule is Cc1cc(NC(=O)N(C)CCC(=O)O)nn1C(C)C1CC1. The van der Waals surface area contributed by atoms with Crippen molar-refractivity contribution in [3.8, 4) is 0 Å². The van der Waals surface area contributed by atoms with E-state index in [-0.39, 0.29) is 19.0 Å². The Morgan fingerprint density at radius 2 is 2.24 bits per heavy atom. The highest BCUT2D eigenvalue weighted by Gasteiger charge is 2.30. The van der Waals surface area contributed by atoms with Gasteiger partial charge in [-0.2, -0.15) is 5.10 Å². The molecule has 0 radical (unpaired) electrons. The molecule has 21 heavy (non-hydrogen) atoms. The van der Waals surface area contributed by atoms with E-state index in [4.69, 9.17) is 5.11 Å². The number of aryl methyl sites for hydroxylation is 1. The molecule has 0 spiro atoms. The number of aromatic nitrogens is 2. The van der Waals surface area contributed by atoms with Gasteiger partial charge in [0.2, 0.25) is 0 Å². The zero-order valence-electron chi connectivity index (χ0n) is 12.7. The van der Waals surface area contributed by atoms with Crippen LogP contribution < -0.4 is 5.32 Å². The van der Waals surface area contributed by atoms with Crippen LogP contribution in [0.4, 0.5) is 10.6 Å². The fourth-order valence-corrected chi connectivity index (χ4v) is 2.31. The van der Waals surface area contributed by atoms with Crippen molar-refractivity contribution in [3.05, 3.63) is 11.8 Å². The van der Waals surface area contributed by atoms with E-state index in [1.165, 1.54) is 17.7 Å². The van der Waals surface area contributed by atoms with Gasteiger partial charge in [-0.15, -0.1) is 0 Å². The minimum absolute atomic E-state index is 0.0733. The van der Waals surface area contributed by atoms with Crippen LogP contribution in [0.3, 0.4) is 0 Å². The van der Waals surface area contributed by atoms with E-state index in [0.29, 0.717) is 17.8 Å². The van der Waals surface area contributed by atoms with Crippen LogP contribution >= 0.6 is 0 Å². The largest absolute Gasteiger partial charge is 0.481 e. The number of carbonyl (C=O) groups excluding carboxylic acids is 1. The van der Waals surface area contributed by atoms with Crippen LogP contribution in [0.15, 0.2) is 6.07 Å². The van der Waals surface area contributed by atoms with Gasteiger partial charge in [-0.3, -0.25) is 14.8 Å². The molecule has 1 aliphatic rings. The van der Waals surface area contributed by atoms with Gasteiger partial charge in [0.25, 0.3) is 0 Å². The van der Waals surface area contributed by atoms with Gasteiger partial charge in [0, 0.05) is 25.4 Å². The van der Waals surface area contributed by atoms with Gasteiger partial charge in [0.1, 0.15) is 0 Å². The summed E-state index contributed by atoms with van der Waals surface area (Å²) in [5.41, 5.74) is 1.01. The van der Waals surface area contributed by atoms with Gasteiger partial charge < -0.3 is 10.0 Å². The van der Waals surface area contributed by atoms with Crippen molar-refractivity contribution in [2.24, 2.45) is 5.92 Å². The smallest absolute Gasteiger partial charge is 0.322 e. The van der Waals surface area contributed by atoms with Crippen molar-refractivity contribution in [3.63, 3.8) is 0 Å². The highest BCUT2D eigenvalue weighted by atomic mass is 16.4. The molecule has 1 atom stereocenters. The van der Waals surface area contributed by atoms with E-state index in [1.807, 2.05) is 17.7 Å². The zero-order valence-corrected chi connectivity index (χ0v) is 12.7. The van der Waals surface area contributed by atoms with E-state index >= 15 is 0 Å². The molecule has 1 aromatic rings. The minimum atomic E-state index is -0.923. The first-order valence-electron chi connectivity index (χ1n) is 7.18. The molecule has 1 fully saturated rings. The van der Waals surface area contributed by atoms with Crippen molar-refractivity contribution in [2.75, 3.05) is 18.9 Å². The Balaban J connectivity index is 1.94. The fraction of sp³-hybridized carbons (Fsp3) is 0.643. The van der Waals surface area contributed by atoms with Gasteiger partial charge in [0.15, 0.2) is 5.82 Å². The normalized spacial score (nSPS) is 15.6. The van der Waals surface area contributed by atoms with Crippen LogP contribution in [0, 0.1) is 12.8 Å². The first-order chi connectivity index (χ1) is 9.88. The molecule has 7 heteroatoms. The predicted molar refractivity (Wildman–Crippen MR) is 78.3 cm³/mol. The lowest BCUT2D eigenvalue weighted by Gasteiger charge is -2.16. The molecule has 0 saturated heterocycles. The van der Waals surface area contributed by atoms with Crippen LogP contribution in [-0.4, -0.2) is 45.4 Å². The minimum Gasteiger partial charge on any atom is -0.481 e. The molecular weight excluding hydrogens is 272 g/mol. The van der Waals surface area contributed by atoms with E-state index < -0.39 is 5.97 Å². The second kappa shape index (κ2) is 6.15. The molecule has 1 aromatic heterocycles. The Morgan fingerprint density at radius 1 is 1.57 bits per heavy atom. The van der Waals surface area contributed by atoms with Crippen LogP contribution in [-0.2, 0) is 4.79 Å². The van der Waals surface area contributed by atoms with Gasteiger partial charge in [-0.1, -0.05) is 0 Å². The molecule has 7 nitrogen and oxygen atoms in total. The number of carbonyl (C=O) groups is 2. The average Bonchev–Trinajstić information content (AvgIpc) is 3.20. The summed E-state index contributed by atoms with van der Waals surface area (Å²) in [5.74, 6) is 0.269. The lowest BCUT2D eigenvalue weighted by atomic mass is 10.2. The summed E-state index contributed by atoms with van der Waals surface area (Å²) in [5, 5.41) is 15.8. The summed E-state index contributed by atoms with van der Waals surface area (Å²) in [7, 11) is 1.56. The van der Waals surface area contributed by atoms with E-state index in [9.17, 15) is 9.59 Å². The molecule has 0 bridgehead atoms. The fourth-order valence-electron chi connectivity index (χ4n) is 2.31. The number of urea groups is 1. The summed E-state index contributed by atoms with van der Waals surface area (Å²) in [6.45, 7) is 4.28. The van der Waals surface area contributed by atoms with Crippen LogP contribution in [0.25, 0.3) is 0 Å². The number of hydrogen-bond acceptors (Lipinski definition) is 3. The number of nitrogens with one attached hydrogen (secondary N) is 1. The topological polar surface area (TPSA) is 87.5 Å². The Kier molecular flexibility index (Phi) is 4.50. The lowest BCUT2D eigenvalue weighted by Crippen LogP contribution is -2.33. The molecule has 116 valence electrons. The Hall–Kier alpha value is -2.05. The standard InChI is InChI=1S/C14H22N4O3/c1-9-8-12(16-18(9)10(2)11-4-5-11)15-14(21)17(3)7-6-13(19)20/h8,10-11H,4-7H2,1-3H3,(H,19,20)(H,15,16,21). The Morgan fingerprint density at radius 3 is 2.81 bits per heavy atom. The summed E-state index contributed by atoms with van der Waals surface area (Å²) >= 11 is 0. The number of hydrogen-bond donors (Lipinski definition) is 2. The number of aliphatic carboxylic acids is 1. The quantitative estimate of drug-likeness (QED) is 0.841. The molecule has 1 unspecified atom stereocenters. The molecule has 2 rings (SSSR count). The first-order valence-corrected chi connectivity index (χ1v) is 7.18. The summed E-state index contributed by atoms with van der Waals surface area (Å²) in [6.07, 6.45) is 2.40. The van der Waals surface area contributed by atoms with Gasteiger partial charge in [-0.05, 0) is 32.6 Å². The van der Waals surface area contributed by atoms with Crippen molar-refractivity contribution in [1.29, 1.82) is 0 Å². The van der Waals surface area contributed by atoms with E-state index in [1.54, 1.807) is 7.05 Å². The lowest BCUT2D eigenvalue weighted by molar-refractivity contribution is -0.137. The number of rotatable bonds is 6. The first kappa shape index (κ1) is 15.3. The third kappa shape index (κ3) is 3.96. The highest BCUT2D eigenvalue weighted by molar-refractivity contribution is 5.88. The zero-order chi connectivity index (χ0) is 15.6. The summed E-state index contributed by atoms with van der Waals surface area (Å²) in [6, 6.07) is 1.84. The average molecular weight is 294 g/mol. The summed E-state index contributed by atoms with van der Waals surface area (Å²) in [4.78, 5) is 23.8. The summed E-state index contributed by atoms with van der Waals surface area (Å²) < 4.78 is 1.95. The predicted octanol–water partition coefficient (Wildman–Crippen LogP) is 2.10. The van der Waals surface area contributed by atoms with E-state index in [2.05, 4.69) is 17.3 Å². The van der Waals surface area contributed by atoms with Crippen LogP contribution in [0.5, 0.6) is 0 Å². The van der Waals surface area contributed by atoms with Crippen molar-refractivity contribution in [2.45, 2.75) is 39.2 Å². The number of anilines is 1. The van der Waals surface area contributed by atoms with Crippen molar-refractivity contribution >= 4 is 17.8 Å². The number of carboxylic acids is 1. The number of carboxylic acid groups (broad SMARTS) is 1. The maximum absolute atomic E-state index is 11.9. The maximum atomic E-state index is 11.9. The highest BCUT2D eigenvalue weighted by Crippen LogP contribution is 2.39. The maximum Gasteiger partial charge on any atom is 0.322 e. The molecular formula is C14H22N4O3. The van der Waals surface area contributed by atoms with Crippen LogP contribution in [0.1, 0.15) is 37.9 Å². The molecule has 2 amide bonds. The molecule has 0 aromatic carbocycles. The second-order valence-corrected chi connectivity index (χ2v) is 5.69. The molecule has 2 N–H and O–H groups in total.